The Balaban J connectivity index is 1.87. The second-order valence-corrected chi connectivity index (χ2v) is 6.43. The zero-order valence-electron chi connectivity index (χ0n) is 14.4. The third-order valence-electron chi connectivity index (χ3n) is 4.10. The van der Waals surface area contributed by atoms with Gasteiger partial charge in [-0.1, -0.05) is 11.6 Å². The van der Waals surface area contributed by atoms with Crippen LogP contribution in [0.25, 0.3) is 11.0 Å². The Hall–Kier alpha value is -3.19. The molecule has 8 heteroatoms. The Labute approximate surface area is 158 Å². The molecule has 0 saturated heterocycles. The van der Waals surface area contributed by atoms with Gasteiger partial charge < -0.3 is 9.15 Å². The summed E-state index contributed by atoms with van der Waals surface area (Å²) in [6.45, 7) is 3.15. The van der Waals surface area contributed by atoms with Gasteiger partial charge in [0.1, 0.15) is 12.2 Å². The lowest BCUT2D eigenvalue weighted by Crippen LogP contribution is -2.08. The van der Waals surface area contributed by atoms with Crippen LogP contribution < -0.4 is 5.63 Å². The van der Waals surface area contributed by atoms with E-state index in [9.17, 15) is 19.7 Å². The van der Waals surface area contributed by atoms with Crippen LogP contribution in [0.5, 0.6) is 0 Å². The number of aryl methyl sites for hydroxylation is 2. The van der Waals surface area contributed by atoms with Crippen LogP contribution in [0, 0.1) is 24.0 Å². The summed E-state index contributed by atoms with van der Waals surface area (Å²) >= 11 is 6.13. The average Bonchev–Trinajstić information content (AvgIpc) is 2.60. The van der Waals surface area contributed by atoms with Crippen molar-refractivity contribution in [2.45, 2.75) is 20.5 Å². The number of halogens is 1. The number of carbonyl (C=O) groups is 1. The van der Waals surface area contributed by atoms with E-state index in [0.717, 1.165) is 5.56 Å². The lowest BCUT2D eigenvalue weighted by atomic mass is 10.1. The van der Waals surface area contributed by atoms with Crippen LogP contribution in [-0.2, 0) is 11.3 Å². The molecule has 2 aromatic carbocycles. The monoisotopic (exact) mass is 387 g/mol. The van der Waals surface area contributed by atoms with Crippen molar-refractivity contribution in [1.82, 2.24) is 0 Å². The maximum Gasteiger partial charge on any atom is 0.338 e. The Bertz CT molecular complexity index is 1130. The largest absolute Gasteiger partial charge is 0.457 e. The van der Waals surface area contributed by atoms with E-state index in [2.05, 4.69) is 0 Å². The van der Waals surface area contributed by atoms with Crippen molar-refractivity contribution in [3.05, 3.63) is 84.2 Å². The smallest absolute Gasteiger partial charge is 0.338 e. The number of nitrogens with zero attached hydrogens (tertiary/aromatic N) is 1. The lowest BCUT2D eigenvalue weighted by molar-refractivity contribution is -0.385. The quantitative estimate of drug-likeness (QED) is 0.286. The van der Waals surface area contributed by atoms with Gasteiger partial charge in [0.05, 0.1) is 10.5 Å². The fourth-order valence-corrected chi connectivity index (χ4v) is 2.85. The number of hydrogen-bond donors (Lipinski definition) is 0. The van der Waals surface area contributed by atoms with Crippen LogP contribution >= 0.6 is 11.6 Å². The molecule has 3 rings (SSSR count). The van der Waals surface area contributed by atoms with Crippen molar-refractivity contribution >= 4 is 34.2 Å². The van der Waals surface area contributed by atoms with E-state index in [4.69, 9.17) is 20.8 Å². The third kappa shape index (κ3) is 3.83. The van der Waals surface area contributed by atoms with E-state index < -0.39 is 16.5 Å². The Morgan fingerprint density at radius 1 is 1.19 bits per heavy atom. The zero-order chi connectivity index (χ0) is 19.7. The minimum Gasteiger partial charge on any atom is -0.457 e. The lowest BCUT2D eigenvalue weighted by Gasteiger charge is -2.09. The third-order valence-corrected chi connectivity index (χ3v) is 4.50. The maximum absolute atomic E-state index is 12.3. The van der Waals surface area contributed by atoms with Gasteiger partial charge >= 0.3 is 11.6 Å². The first-order valence-corrected chi connectivity index (χ1v) is 8.29. The molecule has 0 aliphatic heterocycles. The minimum atomic E-state index is -0.660. The second-order valence-electron chi connectivity index (χ2n) is 6.02. The van der Waals surface area contributed by atoms with Crippen LogP contribution in [0.15, 0.2) is 45.6 Å². The Morgan fingerprint density at radius 2 is 1.93 bits per heavy atom. The van der Waals surface area contributed by atoms with Crippen molar-refractivity contribution in [2.75, 3.05) is 0 Å². The number of ether oxygens (including phenoxy) is 1. The number of nitro groups is 1. The summed E-state index contributed by atoms with van der Waals surface area (Å²) in [5.74, 6) is -0.660. The van der Waals surface area contributed by atoms with Gasteiger partial charge in [0.15, 0.2) is 0 Å². The normalized spacial score (nSPS) is 10.8. The zero-order valence-corrected chi connectivity index (χ0v) is 15.2. The summed E-state index contributed by atoms with van der Waals surface area (Å²) in [7, 11) is 0. The summed E-state index contributed by atoms with van der Waals surface area (Å²) < 4.78 is 10.4. The van der Waals surface area contributed by atoms with E-state index in [1.165, 1.54) is 31.2 Å². The molecule has 0 saturated carbocycles. The van der Waals surface area contributed by atoms with Crippen molar-refractivity contribution in [3.8, 4) is 0 Å². The first kappa shape index (κ1) is 18.6. The highest BCUT2D eigenvalue weighted by molar-refractivity contribution is 6.32. The summed E-state index contributed by atoms with van der Waals surface area (Å²) in [4.78, 5) is 34.4. The maximum atomic E-state index is 12.3. The van der Waals surface area contributed by atoms with Crippen LogP contribution in [0.3, 0.4) is 0 Å². The highest BCUT2D eigenvalue weighted by Crippen LogP contribution is 2.26. The predicted octanol–water partition coefficient (Wildman–Crippen LogP) is 4.33. The van der Waals surface area contributed by atoms with Crippen LogP contribution in [-0.4, -0.2) is 10.9 Å². The summed E-state index contributed by atoms with van der Waals surface area (Å²) in [5, 5.41) is 11.9. The number of nitro benzene ring substituents is 1. The topological polar surface area (TPSA) is 99.7 Å². The standard InChI is InChI=1S/C19H14ClNO6/c1-10-6-17-14(8-15(10)20)13(7-18(22)27-17)9-26-19(23)12-3-4-16(21(24)25)11(2)5-12/h3-8H,9H2,1-2H3. The molecule has 1 aromatic heterocycles. The van der Waals surface area contributed by atoms with E-state index in [-0.39, 0.29) is 17.9 Å². The van der Waals surface area contributed by atoms with Gasteiger partial charge in [0.25, 0.3) is 5.69 Å². The van der Waals surface area contributed by atoms with Crippen LogP contribution in [0.2, 0.25) is 5.02 Å². The molecule has 3 aromatic rings. The van der Waals surface area contributed by atoms with E-state index in [1.807, 2.05) is 0 Å². The van der Waals surface area contributed by atoms with Gasteiger partial charge in [-0.3, -0.25) is 10.1 Å². The van der Waals surface area contributed by atoms with Crippen molar-refractivity contribution in [2.24, 2.45) is 0 Å². The number of esters is 1. The Morgan fingerprint density at radius 3 is 2.59 bits per heavy atom. The summed E-state index contributed by atoms with van der Waals surface area (Å²) in [6.07, 6.45) is 0. The molecule has 0 bridgehead atoms. The van der Waals surface area contributed by atoms with E-state index in [0.29, 0.717) is 27.1 Å². The van der Waals surface area contributed by atoms with Crippen molar-refractivity contribution < 1.29 is 18.9 Å². The molecule has 7 nitrogen and oxygen atoms in total. The molecule has 27 heavy (non-hydrogen) atoms. The number of rotatable bonds is 4. The SMILES string of the molecule is Cc1cc2oc(=O)cc(COC(=O)c3ccc([N+](=O)[O-])c(C)c3)c2cc1Cl. The molecule has 0 spiro atoms. The summed E-state index contributed by atoms with van der Waals surface area (Å²) in [6, 6.07) is 8.49. The highest BCUT2D eigenvalue weighted by Gasteiger charge is 2.16. The minimum absolute atomic E-state index is 0.0803. The van der Waals surface area contributed by atoms with Gasteiger partial charge in [0, 0.05) is 33.7 Å². The molecule has 0 N–H and O–H groups in total. The molecule has 0 unspecified atom stereocenters. The first-order chi connectivity index (χ1) is 12.8. The van der Waals surface area contributed by atoms with Gasteiger partial charge in [-0.05, 0) is 43.7 Å². The fraction of sp³-hybridized carbons (Fsp3) is 0.158. The Kier molecular flexibility index (Phi) is 4.96. The number of carbonyl (C=O) groups excluding carboxylic acids is 1. The van der Waals surface area contributed by atoms with Crippen molar-refractivity contribution in [1.29, 1.82) is 0 Å². The molecule has 0 aliphatic rings. The molecule has 138 valence electrons. The predicted molar refractivity (Wildman–Crippen MR) is 99.2 cm³/mol. The molecule has 0 radical (unpaired) electrons. The molecule has 0 aliphatic carbocycles. The van der Waals surface area contributed by atoms with Crippen LogP contribution in [0.1, 0.15) is 27.0 Å². The number of hydrogen-bond acceptors (Lipinski definition) is 6. The molecule has 1 heterocycles. The fourth-order valence-electron chi connectivity index (χ4n) is 2.68. The molecule has 0 amide bonds. The van der Waals surface area contributed by atoms with Crippen LogP contribution in [0.4, 0.5) is 5.69 Å². The van der Waals surface area contributed by atoms with E-state index in [1.54, 1.807) is 19.1 Å². The molecular weight excluding hydrogens is 374 g/mol. The van der Waals surface area contributed by atoms with Gasteiger partial charge in [0.2, 0.25) is 0 Å². The number of benzene rings is 2. The highest BCUT2D eigenvalue weighted by atomic mass is 35.5. The van der Waals surface area contributed by atoms with Gasteiger partial charge in [-0.25, -0.2) is 9.59 Å². The van der Waals surface area contributed by atoms with Gasteiger partial charge in [-0.15, -0.1) is 0 Å². The second kappa shape index (κ2) is 7.20. The molecule has 0 fully saturated rings. The van der Waals surface area contributed by atoms with E-state index >= 15 is 0 Å². The summed E-state index contributed by atoms with van der Waals surface area (Å²) in [5.41, 5.74) is 1.44. The average molecular weight is 388 g/mol. The van der Waals surface area contributed by atoms with Gasteiger partial charge in [-0.2, -0.15) is 0 Å². The van der Waals surface area contributed by atoms with Crippen molar-refractivity contribution in [3.63, 3.8) is 0 Å². The number of fused-ring (bicyclic) bond motifs is 1. The molecule has 0 atom stereocenters. The first-order valence-electron chi connectivity index (χ1n) is 7.91. The molecular formula is C19H14ClNO6.